The number of carbonyl (C=O) groups excluding carboxylic acids is 2. The lowest BCUT2D eigenvalue weighted by Gasteiger charge is -2.36. The Bertz CT molecular complexity index is 1380. The second-order valence-corrected chi connectivity index (χ2v) is 10.3. The molecular formula is C26H26Cl3N7O3. The Morgan fingerprint density at radius 1 is 1.05 bits per heavy atom. The van der Waals surface area contributed by atoms with Gasteiger partial charge in [-0.1, -0.05) is 40.9 Å². The maximum absolute atomic E-state index is 13.1. The van der Waals surface area contributed by atoms with Crippen LogP contribution in [0.4, 0.5) is 23.0 Å². The fourth-order valence-electron chi connectivity index (χ4n) is 4.50. The first-order valence-electron chi connectivity index (χ1n) is 12.3. The number of carbonyl (C=O) groups is 2. The Kier molecular flexibility index (Phi) is 8.27. The highest BCUT2D eigenvalue weighted by molar-refractivity contribution is 6.40. The van der Waals surface area contributed by atoms with Gasteiger partial charge in [0.25, 0.3) is 5.91 Å². The van der Waals surface area contributed by atoms with E-state index in [2.05, 4.69) is 30.4 Å². The van der Waals surface area contributed by atoms with Crippen LogP contribution in [-0.2, 0) is 4.79 Å². The molecule has 2 aliphatic heterocycles. The molecule has 1 saturated heterocycles. The number of hydrogen-bond donors (Lipinski definition) is 2. The summed E-state index contributed by atoms with van der Waals surface area (Å²) >= 11 is 19.2. The first kappa shape index (κ1) is 27.3. The number of anilines is 4. The maximum Gasteiger partial charge on any atom is 0.268 e. The zero-order chi connectivity index (χ0) is 27.5. The highest BCUT2D eigenvalue weighted by atomic mass is 35.5. The molecule has 0 spiro atoms. The molecule has 3 aromatic rings. The van der Waals surface area contributed by atoms with Gasteiger partial charge in [-0.2, -0.15) is 4.98 Å². The van der Waals surface area contributed by atoms with E-state index < -0.39 is 0 Å². The fraction of sp³-hybridized carbons (Fsp3) is 0.308. The molecule has 0 atom stereocenters. The molecule has 0 aliphatic carbocycles. The van der Waals surface area contributed by atoms with E-state index in [-0.39, 0.29) is 35.9 Å². The number of para-hydroxylation sites is 1. The summed E-state index contributed by atoms with van der Waals surface area (Å²) in [5.41, 5.74) is 2.22. The van der Waals surface area contributed by atoms with Gasteiger partial charge in [0.1, 0.15) is 5.56 Å². The van der Waals surface area contributed by atoms with Crippen molar-refractivity contribution in [2.45, 2.75) is 6.92 Å². The van der Waals surface area contributed by atoms with Crippen LogP contribution < -0.4 is 25.2 Å². The van der Waals surface area contributed by atoms with Gasteiger partial charge in [0.05, 0.1) is 26.4 Å². The summed E-state index contributed by atoms with van der Waals surface area (Å²) in [5.74, 6) is 0.0557. The predicted molar refractivity (Wildman–Crippen MR) is 153 cm³/mol. The summed E-state index contributed by atoms with van der Waals surface area (Å²) in [5, 5.41) is 7.24. The molecule has 5 rings (SSSR count). The number of rotatable bonds is 7. The van der Waals surface area contributed by atoms with Crippen LogP contribution in [0.1, 0.15) is 17.3 Å². The van der Waals surface area contributed by atoms with Crippen LogP contribution in [0.3, 0.4) is 0 Å². The minimum Gasteiger partial charge on any atom is -0.455 e. The summed E-state index contributed by atoms with van der Waals surface area (Å²) in [6.45, 7) is 6.35. The third-order valence-corrected chi connectivity index (χ3v) is 7.40. The van der Waals surface area contributed by atoms with Crippen molar-refractivity contribution in [3.05, 3.63) is 63.2 Å². The van der Waals surface area contributed by atoms with Crippen LogP contribution in [-0.4, -0.2) is 72.7 Å². The highest BCUT2D eigenvalue weighted by Gasteiger charge is 2.31. The highest BCUT2D eigenvalue weighted by Crippen LogP contribution is 2.37. The molecule has 10 nitrogen and oxygen atoms in total. The lowest BCUT2D eigenvalue weighted by atomic mass is 10.2. The van der Waals surface area contributed by atoms with Gasteiger partial charge >= 0.3 is 0 Å². The van der Waals surface area contributed by atoms with E-state index in [0.29, 0.717) is 33.0 Å². The van der Waals surface area contributed by atoms with E-state index in [1.54, 1.807) is 18.2 Å². The summed E-state index contributed by atoms with van der Waals surface area (Å²) in [7, 11) is 0. The van der Waals surface area contributed by atoms with Crippen molar-refractivity contribution in [3.63, 3.8) is 0 Å². The van der Waals surface area contributed by atoms with Crippen molar-refractivity contribution >= 4 is 69.6 Å². The van der Waals surface area contributed by atoms with E-state index >= 15 is 0 Å². The Morgan fingerprint density at radius 2 is 1.79 bits per heavy atom. The van der Waals surface area contributed by atoms with Crippen molar-refractivity contribution in [2.75, 3.05) is 61.1 Å². The van der Waals surface area contributed by atoms with Crippen molar-refractivity contribution in [1.82, 2.24) is 20.2 Å². The second-order valence-electron chi connectivity index (χ2n) is 9.09. The number of benzene rings is 2. The standard InChI is InChI=1S/C26H26Cl3N7O3/c1-16(37)30-7-8-34-9-11-35(12-10-34)22-6-5-17(13-21(22)29)32-26-31-14-18-24(33-26)39-15-36(25(18)38)23-19(27)3-2-4-20(23)28/h2-6,13-14H,7-12,15H2,1H3,(H,30,37)(H,31,32,33). The SMILES string of the molecule is CC(=O)NCCN1CCN(c2ccc(Nc3ncc4c(n3)OCN(c3c(Cl)cccc3Cl)C4=O)cc2Cl)CC1. The topological polar surface area (TPSA) is 103 Å². The van der Waals surface area contributed by atoms with Gasteiger partial charge in [0.2, 0.25) is 17.7 Å². The number of hydrogen-bond acceptors (Lipinski definition) is 8. The minimum atomic E-state index is -0.361. The van der Waals surface area contributed by atoms with Crippen molar-refractivity contribution < 1.29 is 14.3 Å². The number of piperazine rings is 1. The molecule has 2 N–H and O–H groups in total. The number of ether oxygens (including phenoxy) is 1. The number of aromatic nitrogens is 2. The summed E-state index contributed by atoms with van der Waals surface area (Å²) in [4.78, 5) is 38.8. The number of nitrogens with zero attached hydrogens (tertiary/aromatic N) is 5. The summed E-state index contributed by atoms with van der Waals surface area (Å²) < 4.78 is 5.76. The van der Waals surface area contributed by atoms with Crippen molar-refractivity contribution in [2.24, 2.45) is 0 Å². The Balaban J connectivity index is 1.22. The van der Waals surface area contributed by atoms with Crippen LogP contribution >= 0.6 is 34.8 Å². The van der Waals surface area contributed by atoms with E-state index in [4.69, 9.17) is 39.5 Å². The summed E-state index contributed by atoms with van der Waals surface area (Å²) in [6, 6.07) is 10.7. The molecule has 0 radical (unpaired) electrons. The molecule has 0 unspecified atom stereocenters. The Hall–Kier alpha value is -3.31. The lowest BCUT2D eigenvalue weighted by molar-refractivity contribution is -0.119. The average molecular weight is 591 g/mol. The number of halogens is 3. The molecular weight excluding hydrogens is 565 g/mol. The van der Waals surface area contributed by atoms with Crippen LogP contribution in [0.5, 0.6) is 5.88 Å². The van der Waals surface area contributed by atoms with Gasteiger partial charge < -0.3 is 20.3 Å². The Morgan fingerprint density at radius 3 is 2.49 bits per heavy atom. The van der Waals surface area contributed by atoms with Gasteiger partial charge in [-0.3, -0.25) is 19.4 Å². The molecule has 39 heavy (non-hydrogen) atoms. The van der Waals surface area contributed by atoms with E-state index in [1.807, 2.05) is 18.2 Å². The molecule has 3 heterocycles. The van der Waals surface area contributed by atoms with Gasteiger partial charge in [-0.25, -0.2) is 4.98 Å². The molecule has 2 amide bonds. The molecule has 1 fully saturated rings. The van der Waals surface area contributed by atoms with Crippen LogP contribution in [0.15, 0.2) is 42.6 Å². The molecule has 0 saturated carbocycles. The predicted octanol–water partition coefficient (Wildman–Crippen LogP) is 4.44. The molecule has 2 aliphatic rings. The zero-order valence-electron chi connectivity index (χ0n) is 21.1. The van der Waals surface area contributed by atoms with Crippen LogP contribution in [0, 0.1) is 0 Å². The zero-order valence-corrected chi connectivity index (χ0v) is 23.4. The summed E-state index contributed by atoms with van der Waals surface area (Å²) in [6.07, 6.45) is 1.41. The smallest absolute Gasteiger partial charge is 0.268 e. The first-order chi connectivity index (χ1) is 18.8. The van der Waals surface area contributed by atoms with Crippen molar-refractivity contribution in [1.29, 1.82) is 0 Å². The average Bonchev–Trinajstić information content (AvgIpc) is 2.90. The minimum absolute atomic E-state index is 0.0126. The van der Waals surface area contributed by atoms with Crippen molar-refractivity contribution in [3.8, 4) is 5.88 Å². The molecule has 204 valence electrons. The van der Waals surface area contributed by atoms with E-state index in [1.165, 1.54) is 18.0 Å². The maximum atomic E-state index is 13.1. The van der Waals surface area contributed by atoms with Gasteiger partial charge in [-0.15, -0.1) is 0 Å². The molecule has 1 aromatic heterocycles. The number of amides is 2. The first-order valence-corrected chi connectivity index (χ1v) is 13.5. The number of fused-ring (bicyclic) bond motifs is 1. The molecule has 13 heteroatoms. The third-order valence-electron chi connectivity index (χ3n) is 6.49. The lowest BCUT2D eigenvalue weighted by Crippen LogP contribution is -2.48. The monoisotopic (exact) mass is 589 g/mol. The largest absolute Gasteiger partial charge is 0.455 e. The normalized spacial score (nSPS) is 15.5. The van der Waals surface area contributed by atoms with E-state index in [9.17, 15) is 9.59 Å². The van der Waals surface area contributed by atoms with Crippen LogP contribution in [0.25, 0.3) is 0 Å². The Labute approximate surface area is 240 Å². The number of nitrogens with one attached hydrogen (secondary N) is 2. The fourth-order valence-corrected chi connectivity index (χ4v) is 5.40. The second kappa shape index (κ2) is 11.8. The molecule has 2 aromatic carbocycles. The molecule has 0 bridgehead atoms. The van der Waals surface area contributed by atoms with Gasteiger partial charge in [0.15, 0.2) is 6.73 Å². The van der Waals surface area contributed by atoms with Gasteiger partial charge in [0, 0.05) is 58.1 Å². The van der Waals surface area contributed by atoms with Gasteiger partial charge in [-0.05, 0) is 30.3 Å². The quantitative estimate of drug-likeness (QED) is 0.417. The van der Waals surface area contributed by atoms with Crippen LogP contribution in [0.2, 0.25) is 15.1 Å². The van der Waals surface area contributed by atoms with E-state index in [0.717, 1.165) is 38.4 Å². The third kappa shape index (κ3) is 6.14.